The first-order valence-corrected chi connectivity index (χ1v) is 8.78. The van der Waals surface area contributed by atoms with E-state index >= 15 is 0 Å². The number of benzene rings is 3. The first-order valence-electron chi connectivity index (χ1n) is 7.30. The highest BCUT2D eigenvalue weighted by atomic mass is 32.2. The average Bonchev–Trinajstić information content (AvgIpc) is 2.62. The van der Waals surface area contributed by atoms with Gasteiger partial charge in [-0.3, -0.25) is 4.79 Å². The van der Waals surface area contributed by atoms with Crippen molar-refractivity contribution in [3.05, 3.63) is 84.4 Å². The molecule has 0 bridgehead atoms. The fourth-order valence-corrected chi connectivity index (χ4v) is 4.10. The first-order chi connectivity index (χ1) is 11.5. The van der Waals surface area contributed by atoms with E-state index in [0.717, 1.165) is 5.56 Å². The standard InChI is InChI=1S/C19H15NO3S/c20-19(21)18-16(14-8-3-1-4-9-14)12-7-13-17(18)24(22,23)15-10-5-2-6-11-15/h1-13H,(H2,20,21). The highest BCUT2D eigenvalue weighted by molar-refractivity contribution is 7.91. The van der Waals surface area contributed by atoms with Gasteiger partial charge in [0.15, 0.2) is 0 Å². The fourth-order valence-electron chi connectivity index (χ4n) is 2.59. The van der Waals surface area contributed by atoms with Crippen LogP contribution in [0.2, 0.25) is 0 Å². The zero-order valence-electron chi connectivity index (χ0n) is 12.7. The number of nitrogens with two attached hydrogens (primary N) is 1. The summed E-state index contributed by atoms with van der Waals surface area (Å²) in [6.45, 7) is 0. The van der Waals surface area contributed by atoms with E-state index in [1.54, 1.807) is 42.5 Å². The van der Waals surface area contributed by atoms with Gasteiger partial charge < -0.3 is 5.73 Å². The quantitative estimate of drug-likeness (QED) is 0.793. The summed E-state index contributed by atoms with van der Waals surface area (Å²) in [6.07, 6.45) is 0. The van der Waals surface area contributed by atoms with Crippen LogP contribution in [0.15, 0.2) is 88.7 Å². The van der Waals surface area contributed by atoms with Crippen molar-refractivity contribution in [3.8, 4) is 11.1 Å². The molecule has 2 N–H and O–H groups in total. The third kappa shape index (κ3) is 2.81. The van der Waals surface area contributed by atoms with Crippen LogP contribution in [-0.2, 0) is 9.84 Å². The maximum absolute atomic E-state index is 12.9. The van der Waals surface area contributed by atoms with Crippen molar-refractivity contribution in [2.24, 2.45) is 5.73 Å². The zero-order valence-corrected chi connectivity index (χ0v) is 13.5. The third-order valence-corrected chi connectivity index (χ3v) is 5.51. The minimum absolute atomic E-state index is 0.00699. The number of sulfone groups is 1. The summed E-state index contributed by atoms with van der Waals surface area (Å²) < 4.78 is 25.9. The molecule has 3 rings (SSSR count). The molecule has 0 heterocycles. The van der Waals surface area contributed by atoms with Crippen LogP contribution < -0.4 is 5.73 Å². The highest BCUT2D eigenvalue weighted by Crippen LogP contribution is 2.31. The molecule has 0 unspecified atom stereocenters. The molecule has 1 amide bonds. The molecule has 0 saturated heterocycles. The largest absolute Gasteiger partial charge is 0.366 e. The summed E-state index contributed by atoms with van der Waals surface area (Å²) in [5, 5.41) is 0. The number of carbonyl (C=O) groups excluding carboxylic acids is 1. The second kappa shape index (κ2) is 6.29. The van der Waals surface area contributed by atoms with Gasteiger partial charge in [-0.15, -0.1) is 0 Å². The average molecular weight is 337 g/mol. The van der Waals surface area contributed by atoms with Crippen molar-refractivity contribution in [2.75, 3.05) is 0 Å². The normalized spacial score (nSPS) is 11.2. The summed E-state index contributed by atoms with van der Waals surface area (Å²) >= 11 is 0. The molecule has 0 radical (unpaired) electrons. The van der Waals surface area contributed by atoms with Crippen LogP contribution in [0.25, 0.3) is 11.1 Å². The number of rotatable bonds is 4. The predicted molar refractivity (Wildman–Crippen MR) is 92.3 cm³/mol. The van der Waals surface area contributed by atoms with E-state index in [2.05, 4.69) is 0 Å². The highest BCUT2D eigenvalue weighted by Gasteiger charge is 2.26. The Morgan fingerprint density at radius 3 is 1.92 bits per heavy atom. The van der Waals surface area contributed by atoms with Crippen molar-refractivity contribution in [1.29, 1.82) is 0 Å². The van der Waals surface area contributed by atoms with Crippen molar-refractivity contribution < 1.29 is 13.2 Å². The molecule has 3 aromatic carbocycles. The van der Waals surface area contributed by atoms with E-state index in [0.29, 0.717) is 5.56 Å². The summed E-state index contributed by atoms with van der Waals surface area (Å²) in [4.78, 5) is 12.1. The molecular formula is C19H15NO3S. The number of hydrogen-bond donors (Lipinski definition) is 1. The van der Waals surface area contributed by atoms with Gasteiger partial charge in [0.2, 0.25) is 9.84 Å². The predicted octanol–water partition coefficient (Wildman–Crippen LogP) is 3.29. The van der Waals surface area contributed by atoms with Crippen molar-refractivity contribution in [3.63, 3.8) is 0 Å². The topological polar surface area (TPSA) is 77.2 Å². The zero-order chi connectivity index (χ0) is 17.2. The van der Waals surface area contributed by atoms with E-state index in [4.69, 9.17) is 5.73 Å². The fraction of sp³-hybridized carbons (Fsp3) is 0. The lowest BCUT2D eigenvalue weighted by molar-refractivity contribution is 0.0998. The molecule has 0 fully saturated rings. The maximum atomic E-state index is 12.9. The molecule has 24 heavy (non-hydrogen) atoms. The molecule has 0 aliphatic carbocycles. The summed E-state index contributed by atoms with van der Waals surface area (Å²) in [5.41, 5.74) is 6.76. The van der Waals surface area contributed by atoms with E-state index in [1.807, 2.05) is 18.2 Å². The lowest BCUT2D eigenvalue weighted by atomic mass is 9.99. The summed E-state index contributed by atoms with van der Waals surface area (Å²) in [5.74, 6) is -0.774. The molecule has 0 saturated carbocycles. The van der Waals surface area contributed by atoms with Gasteiger partial charge in [-0.25, -0.2) is 8.42 Å². The van der Waals surface area contributed by atoms with Crippen LogP contribution in [0.3, 0.4) is 0 Å². The Hall–Kier alpha value is -2.92. The molecule has 5 heteroatoms. The Morgan fingerprint density at radius 2 is 1.33 bits per heavy atom. The molecule has 3 aromatic rings. The molecule has 0 atom stereocenters. The molecular weight excluding hydrogens is 322 g/mol. The van der Waals surface area contributed by atoms with Crippen LogP contribution in [0.5, 0.6) is 0 Å². The van der Waals surface area contributed by atoms with Gasteiger partial charge in [0.05, 0.1) is 15.4 Å². The molecule has 4 nitrogen and oxygen atoms in total. The van der Waals surface area contributed by atoms with Crippen LogP contribution >= 0.6 is 0 Å². The number of primary amides is 1. The first kappa shape index (κ1) is 16.0. The van der Waals surface area contributed by atoms with Crippen molar-refractivity contribution in [1.82, 2.24) is 0 Å². The monoisotopic (exact) mass is 337 g/mol. The third-order valence-electron chi connectivity index (χ3n) is 3.70. The SMILES string of the molecule is NC(=O)c1c(-c2ccccc2)cccc1S(=O)(=O)c1ccccc1. The Bertz CT molecular complexity index is 982. The second-order valence-electron chi connectivity index (χ2n) is 5.23. The molecule has 0 aromatic heterocycles. The van der Waals surface area contributed by atoms with Crippen LogP contribution in [0, 0.1) is 0 Å². The van der Waals surface area contributed by atoms with Gasteiger partial charge in [0, 0.05) is 0 Å². The van der Waals surface area contributed by atoms with Crippen LogP contribution in [0.1, 0.15) is 10.4 Å². The summed E-state index contributed by atoms with van der Waals surface area (Å²) in [7, 11) is -3.85. The Kier molecular flexibility index (Phi) is 4.18. The van der Waals surface area contributed by atoms with Gasteiger partial charge in [-0.05, 0) is 29.3 Å². The molecule has 0 spiro atoms. The lowest BCUT2D eigenvalue weighted by Crippen LogP contribution is -2.18. The Morgan fingerprint density at radius 1 is 0.750 bits per heavy atom. The van der Waals surface area contributed by atoms with Gasteiger partial charge in [0.25, 0.3) is 5.91 Å². The summed E-state index contributed by atoms with van der Waals surface area (Å²) in [6, 6.07) is 21.8. The smallest absolute Gasteiger partial charge is 0.250 e. The Balaban J connectivity index is 2.29. The van der Waals surface area contributed by atoms with Gasteiger partial charge in [-0.2, -0.15) is 0 Å². The number of amides is 1. The maximum Gasteiger partial charge on any atom is 0.250 e. The number of hydrogen-bond acceptors (Lipinski definition) is 3. The molecule has 0 aliphatic heterocycles. The van der Waals surface area contributed by atoms with E-state index in [1.165, 1.54) is 18.2 Å². The van der Waals surface area contributed by atoms with Gasteiger partial charge in [0.1, 0.15) is 0 Å². The molecule has 0 aliphatic rings. The number of carbonyl (C=O) groups is 1. The Labute approximate surface area is 140 Å². The lowest BCUT2D eigenvalue weighted by Gasteiger charge is -2.13. The van der Waals surface area contributed by atoms with Crippen molar-refractivity contribution >= 4 is 15.7 Å². The van der Waals surface area contributed by atoms with Gasteiger partial charge in [-0.1, -0.05) is 60.7 Å². The second-order valence-corrected chi connectivity index (χ2v) is 7.14. The van der Waals surface area contributed by atoms with Gasteiger partial charge >= 0.3 is 0 Å². The molecule has 120 valence electrons. The van der Waals surface area contributed by atoms with Crippen molar-refractivity contribution in [2.45, 2.75) is 9.79 Å². The minimum Gasteiger partial charge on any atom is -0.366 e. The van der Waals surface area contributed by atoms with E-state index in [9.17, 15) is 13.2 Å². The van der Waals surface area contributed by atoms with E-state index < -0.39 is 15.7 Å². The minimum atomic E-state index is -3.85. The van der Waals surface area contributed by atoms with Crippen LogP contribution in [0.4, 0.5) is 0 Å². The van der Waals surface area contributed by atoms with E-state index in [-0.39, 0.29) is 15.4 Å². The van der Waals surface area contributed by atoms with Crippen LogP contribution in [-0.4, -0.2) is 14.3 Å².